The van der Waals surface area contributed by atoms with Crippen LogP contribution in [0.3, 0.4) is 0 Å². The van der Waals surface area contributed by atoms with Crippen molar-refractivity contribution < 1.29 is 4.74 Å². The Morgan fingerprint density at radius 3 is 2.63 bits per heavy atom. The highest BCUT2D eigenvalue weighted by molar-refractivity contribution is 5.80. The molecule has 0 unspecified atom stereocenters. The molecule has 0 radical (unpaired) electrons. The van der Waals surface area contributed by atoms with E-state index in [0.29, 0.717) is 6.54 Å². The second-order valence-corrected chi connectivity index (χ2v) is 7.04. The van der Waals surface area contributed by atoms with Crippen LogP contribution in [-0.4, -0.2) is 65.7 Å². The number of guanidine groups is 1. The number of methoxy groups -OCH3 is 1. The number of ether oxygens (including phenoxy) is 1. The highest BCUT2D eigenvalue weighted by Crippen LogP contribution is 2.28. The summed E-state index contributed by atoms with van der Waals surface area (Å²) in [5.41, 5.74) is 2.25. The lowest BCUT2D eigenvalue weighted by molar-refractivity contribution is 0.367. The van der Waals surface area contributed by atoms with E-state index in [0.717, 1.165) is 55.0 Å². The van der Waals surface area contributed by atoms with Gasteiger partial charge in [-0.25, -0.2) is 9.97 Å². The molecule has 0 spiro atoms. The minimum atomic E-state index is 0.677. The van der Waals surface area contributed by atoms with E-state index in [1.807, 2.05) is 42.2 Å². The molecule has 0 atom stereocenters. The Labute approximate surface area is 176 Å². The fraction of sp³-hybridized carbons (Fsp3) is 0.318. The quantitative estimate of drug-likeness (QED) is 0.518. The summed E-state index contributed by atoms with van der Waals surface area (Å²) in [5.74, 6) is 2.68. The SMILES string of the molecule is CN=C(NCc1ccc(-n2ccnc2)nc1)N1CCN(c2ccccc2OC)CC1. The van der Waals surface area contributed by atoms with Crippen molar-refractivity contribution in [3.8, 4) is 11.6 Å². The molecule has 0 amide bonds. The highest BCUT2D eigenvalue weighted by Gasteiger charge is 2.21. The zero-order valence-corrected chi connectivity index (χ0v) is 17.4. The molecular weight excluding hydrogens is 378 g/mol. The molecule has 1 aliphatic heterocycles. The Kier molecular flexibility index (Phi) is 6.12. The number of rotatable bonds is 5. The summed E-state index contributed by atoms with van der Waals surface area (Å²) in [6.45, 7) is 4.31. The fourth-order valence-corrected chi connectivity index (χ4v) is 3.63. The predicted octanol–water partition coefficient (Wildman–Crippen LogP) is 2.17. The molecule has 8 nitrogen and oxygen atoms in total. The van der Waals surface area contributed by atoms with Gasteiger partial charge in [0.2, 0.25) is 0 Å². The summed E-state index contributed by atoms with van der Waals surface area (Å²) in [4.78, 5) is 17.7. The molecule has 0 saturated carbocycles. The van der Waals surface area contributed by atoms with Crippen LogP contribution in [0.25, 0.3) is 5.82 Å². The molecule has 1 aromatic carbocycles. The van der Waals surface area contributed by atoms with Gasteiger partial charge in [0.15, 0.2) is 5.96 Å². The van der Waals surface area contributed by atoms with E-state index in [1.54, 1.807) is 19.6 Å². The number of pyridine rings is 1. The maximum Gasteiger partial charge on any atom is 0.194 e. The molecule has 30 heavy (non-hydrogen) atoms. The van der Waals surface area contributed by atoms with Gasteiger partial charge in [0.25, 0.3) is 0 Å². The molecule has 1 saturated heterocycles. The van der Waals surface area contributed by atoms with Gasteiger partial charge in [-0.3, -0.25) is 9.56 Å². The van der Waals surface area contributed by atoms with Gasteiger partial charge < -0.3 is 19.9 Å². The molecule has 1 fully saturated rings. The van der Waals surface area contributed by atoms with Crippen molar-refractivity contribution in [2.75, 3.05) is 45.2 Å². The molecule has 0 aliphatic carbocycles. The Hall–Kier alpha value is -3.55. The molecule has 3 heterocycles. The lowest BCUT2D eigenvalue weighted by Crippen LogP contribution is -2.52. The molecule has 1 N–H and O–H groups in total. The highest BCUT2D eigenvalue weighted by atomic mass is 16.5. The van der Waals surface area contributed by atoms with Crippen LogP contribution in [0, 0.1) is 0 Å². The number of benzene rings is 1. The third kappa shape index (κ3) is 4.37. The van der Waals surface area contributed by atoms with Crippen molar-refractivity contribution >= 4 is 11.6 Å². The first-order valence-electron chi connectivity index (χ1n) is 10.1. The molecule has 156 valence electrons. The van der Waals surface area contributed by atoms with Gasteiger partial charge in [0, 0.05) is 58.4 Å². The average Bonchev–Trinajstić information content (AvgIpc) is 3.35. The number of aliphatic imine (C=N–C) groups is 1. The third-order valence-electron chi connectivity index (χ3n) is 5.25. The maximum absolute atomic E-state index is 5.51. The van der Waals surface area contributed by atoms with Crippen LogP contribution in [0.4, 0.5) is 5.69 Å². The zero-order valence-electron chi connectivity index (χ0n) is 17.4. The van der Waals surface area contributed by atoms with E-state index in [9.17, 15) is 0 Å². The minimum Gasteiger partial charge on any atom is -0.495 e. The Morgan fingerprint density at radius 2 is 1.97 bits per heavy atom. The van der Waals surface area contributed by atoms with E-state index in [-0.39, 0.29) is 0 Å². The minimum absolute atomic E-state index is 0.677. The summed E-state index contributed by atoms with van der Waals surface area (Å²) < 4.78 is 7.40. The number of aromatic nitrogens is 3. The topological polar surface area (TPSA) is 70.8 Å². The third-order valence-corrected chi connectivity index (χ3v) is 5.25. The second-order valence-electron chi connectivity index (χ2n) is 7.04. The first-order valence-corrected chi connectivity index (χ1v) is 10.1. The van der Waals surface area contributed by atoms with Gasteiger partial charge in [-0.05, 0) is 23.8 Å². The maximum atomic E-state index is 5.51. The van der Waals surface area contributed by atoms with Gasteiger partial charge in [0.1, 0.15) is 17.9 Å². The lowest BCUT2D eigenvalue weighted by Gasteiger charge is -2.38. The van der Waals surface area contributed by atoms with Gasteiger partial charge in [0.05, 0.1) is 12.8 Å². The molecule has 8 heteroatoms. The number of nitrogens with one attached hydrogen (secondary N) is 1. The van der Waals surface area contributed by atoms with Crippen molar-refractivity contribution in [2.24, 2.45) is 4.99 Å². The monoisotopic (exact) mass is 405 g/mol. The van der Waals surface area contributed by atoms with E-state index in [1.165, 1.54) is 0 Å². The number of para-hydroxylation sites is 2. The normalized spacial score (nSPS) is 14.7. The standard InChI is InChI=1S/C22H27N7O/c1-23-22(26-16-18-7-8-21(25-15-18)29-10-9-24-17-29)28-13-11-27(12-14-28)19-5-3-4-6-20(19)30-2/h3-10,15,17H,11-14,16H2,1-2H3,(H,23,26). The first-order chi connectivity index (χ1) is 14.8. The molecule has 0 bridgehead atoms. The summed E-state index contributed by atoms with van der Waals surface area (Å²) >= 11 is 0. The van der Waals surface area contributed by atoms with E-state index >= 15 is 0 Å². The molecular formula is C22H27N7O. The summed E-state index contributed by atoms with van der Waals surface area (Å²) in [6.07, 6.45) is 7.25. The fourth-order valence-electron chi connectivity index (χ4n) is 3.63. The van der Waals surface area contributed by atoms with Crippen molar-refractivity contribution in [2.45, 2.75) is 6.54 Å². The zero-order chi connectivity index (χ0) is 20.8. The lowest BCUT2D eigenvalue weighted by atomic mass is 10.2. The largest absolute Gasteiger partial charge is 0.495 e. The summed E-state index contributed by atoms with van der Waals surface area (Å²) in [5, 5.41) is 3.46. The van der Waals surface area contributed by atoms with Crippen LogP contribution in [0.2, 0.25) is 0 Å². The summed E-state index contributed by atoms with van der Waals surface area (Å²) in [7, 11) is 3.55. The second kappa shape index (κ2) is 9.30. The van der Waals surface area contributed by atoms with Gasteiger partial charge in [-0.15, -0.1) is 0 Å². The van der Waals surface area contributed by atoms with Crippen LogP contribution >= 0.6 is 0 Å². The summed E-state index contributed by atoms with van der Waals surface area (Å²) in [6, 6.07) is 12.2. The smallest absolute Gasteiger partial charge is 0.194 e. The van der Waals surface area contributed by atoms with Gasteiger partial charge >= 0.3 is 0 Å². The van der Waals surface area contributed by atoms with Crippen molar-refractivity contribution in [1.29, 1.82) is 0 Å². The van der Waals surface area contributed by atoms with Crippen molar-refractivity contribution in [3.05, 3.63) is 66.9 Å². The average molecular weight is 406 g/mol. The number of hydrogen-bond acceptors (Lipinski definition) is 5. The number of nitrogens with zero attached hydrogens (tertiary/aromatic N) is 6. The van der Waals surface area contributed by atoms with Crippen LogP contribution in [0.15, 0.2) is 66.3 Å². The van der Waals surface area contributed by atoms with E-state index < -0.39 is 0 Å². The molecule has 2 aromatic heterocycles. The van der Waals surface area contributed by atoms with Crippen molar-refractivity contribution in [3.63, 3.8) is 0 Å². The van der Waals surface area contributed by atoms with Gasteiger partial charge in [-0.1, -0.05) is 18.2 Å². The number of piperazine rings is 1. The van der Waals surface area contributed by atoms with Crippen LogP contribution < -0.4 is 15.0 Å². The molecule has 4 rings (SSSR count). The molecule has 1 aliphatic rings. The Bertz CT molecular complexity index is 961. The Balaban J connectivity index is 1.32. The van der Waals surface area contributed by atoms with E-state index in [4.69, 9.17) is 4.74 Å². The number of imidazole rings is 1. The van der Waals surface area contributed by atoms with Crippen LogP contribution in [-0.2, 0) is 6.54 Å². The van der Waals surface area contributed by atoms with E-state index in [2.05, 4.69) is 48.3 Å². The molecule has 3 aromatic rings. The van der Waals surface area contributed by atoms with Crippen LogP contribution in [0.5, 0.6) is 5.75 Å². The predicted molar refractivity (Wildman–Crippen MR) is 118 cm³/mol. The number of hydrogen-bond donors (Lipinski definition) is 1. The van der Waals surface area contributed by atoms with Crippen molar-refractivity contribution in [1.82, 2.24) is 24.8 Å². The van der Waals surface area contributed by atoms with Crippen LogP contribution in [0.1, 0.15) is 5.56 Å². The number of anilines is 1. The first kappa shape index (κ1) is 19.8. The Morgan fingerprint density at radius 1 is 1.13 bits per heavy atom. The van der Waals surface area contributed by atoms with Gasteiger partial charge in [-0.2, -0.15) is 0 Å².